The average Bonchev–Trinajstić information content (AvgIpc) is 2.77. The number of thioether (sulfide) groups is 1. The van der Waals surface area contributed by atoms with Crippen LogP contribution in [0.15, 0.2) is 34.2 Å². The van der Waals surface area contributed by atoms with E-state index in [1.165, 1.54) is 0 Å². The van der Waals surface area contributed by atoms with Gasteiger partial charge in [0.1, 0.15) is 12.1 Å². The number of benzene rings is 1. The van der Waals surface area contributed by atoms with E-state index in [4.69, 9.17) is 8.92 Å². The van der Waals surface area contributed by atoms with E-state index in [-0.39, 0.29) is 18.8 Å². The maximum absolute atomic E-state index is 11.1. The minimum absolute atomic E-state index is 0.00881. The molecule has 2 rings (SSSR count). The number of hydrogen-bond acceptors (Lipinski definition) is 6. The zero-order valence-electron chi connectivity index (χ0n) is 11.6. The molecule has 1 aromatic rings. The van der Waals surface area contributed by atoms with Crippen LogP contribution in [-0.4, -0.2) is 39.5 Å². The largest absolute Gasteiger partial charge is 0.471 e. The van der Waals surface area contributed by atoms with Crippen molar-refractivity contribution in [3.63, 3.8) is 0 Å². The fourth-order valence-electron chi connectivity index (χ4n) is 2.00. The molecule has 1 aliphatic rings. The molecule has 0 radical (unpaired) electrons. The monoisotopic (exact) mass is 315 g/mol. The normalized spacial score (nSPS) is 22.4. The molecule has 1 heterocycles. The van der Waals surface area contributed by atoms with Gasteiger partial charge >= 0.3 is 0 Å². The SMILES string of the molecule is CSc1ccc(C2OC(C)=NC2COS(C)(=O)=O)cc1. The van der Waals surface area contributed by atoms with Crippen molar-refractivity contribution in [3.05, 3.63) is 29.8 Å². The summed E-state index contributed by atoms with van der Waals surface area (Å²) in [7, 11) is -3.47. The molecule has 0 bridgehead atoms. The van der Waals surface area contributed by atoms with Crippen molar-refractivity contribution in [2.75, 3.05) is 19.1 Å². The fraction of sp³-hybridized carbons (Fsp3) is 0.462. The van der Waals surface area contributed by atoms with Crippen molar-refractivity contribution in [1.29, 1.82) is 0 Å². The maximum Gasteiger partial charge on any atom is 0.264 e. The molecule has 0 fully saturated rings. The van der Waals surface area contributed by atoms with Crippen molar-refractivity contribution in [2.24, 2.45) is 4.99 Å². The Labute approximate surface area is 123 Å². The van der Waals surface area contributed by atoms with Gasteiger partial charge in [0, 0.05) is 11.8 Å². The Morgan fingerprint density at radius 3 is 2.55 bits per heavy atom. The van der Waals surface area contributed by atoms with Crippen molar-refractivity contribution < 1.29 is 17.3 Å². The van der Waals surface area contributed by atoms with Crippen LogP contribution < -0.4 is 0 Å². The third-order valence-electron chi connectivity index (χ3n) is 2.89. The van der Waals surface area contributed by atoms with E-state index in [1.807, 2.05) is 30.5 Å². The van der Waals surface area contributed by atoms with Crippen LogP contribution in [0.1, 0.15) is 18.6 Å². The molecule has 0 aromatic heterocycles. The number of ether oxygens (including phenoxy) is 1. The molecule has 1 aliphatic heterocycles. The van der Waals surface area contributed by atoms with Gasteiger partial charge in [-0.2, -0.15) is 8.42 Å². The molecule has 2 atom stereocenters. The second-order valence-corrected chi connectivity index (χ2v) is 7.04. The molecule has 0 amide bonds. The van der Waals surface area contributed by atoms with Crippen molar-refractivity contribution in [2.45, 2.75) is 24.0 Å². The molecular weight excluding hydrogens is 298 g/mol. The molecule has 2 unspecified atom stereocenters. The lowest BCUT2D eigenvalue weighted by atomic mass is 10.0. The van der Waals surface area contributed by atoms with Gasteiger partial charge in [-0.25, -0.2) is 4.99 Å². The minimum Gasteiger partial charge on any atom is -0.471 e. The van der Waals surface area contributed by atoms with Crippen LogP contribution in [0.4, 0.5) is 0 Å². The van der Waals surface area contributed by atoms with Crippen LogP contribution in [0.5, 0.6) is 0 Å². The molecular formula is C13H17NO4S2. The van der Waals surface area contributed by atoms with E-state index < -0.39 is 10.1 Å². The van der Waals surface area contributed by atoms with Crippen LogP contribution in [0.25, 0.3) is 0 Å². The van der Waals surface area contributed by atoms with Gasteiger partial charge in [0.25, 0.3) is 10.1 Å². The predicted molar refractivity (Wildman–Crippen MR) is 79.7 cm³/mol. The highest BCUT2D eigenvalue weighted by molar-refractivity contribution is 7.98. The summed E-state index contributed by atoms with van der Waals surface area (Å²) in [4.78, 5) is 5.45. The van der Waals surface area contributed by atoms with Crippen molar-refractivity contribution in [3.8, 4) is 0 Å². The fourth-order valence-corrected chi connectivity index (χ4v) is 2.79. The Balaban J connectivity index is 2.12. The lowest BCUT2D eigenvalue weighted by molar-refractivity contribution is 0.161. The molecule has 110 valence electrons. The minimum atomic E-state index is -3.47. The van der Waals surface area contributed by atoms with E-state index in [0.717, 1.165) is 16.7 Å². The Bertz CT molecular complexity index is 595. The van der Waals surface area contributed by atoms with Gasteiger partial charge in [-0.05, 0) is 24.0 Å². The van der Waals surface area contributed by atoms with Crippen molar-refractivity contribution >= 4 is 27.8 Å². The average molecular weight is 315 g/mol. The standard InChI is InChI=1S/C13H17NO4S2/c1-9-14-12(8-17-20(3,15)16)13(18-9)10-4-6-11(19-2)7-5-10/h4-7,12-13H,8H2,1-3H3. The molecule has 1 aromatic carbocycles. The summed E-state index contributed by atoms with van der Waals surface area (Å²) >= 11 is 1.66. The summed E-state index contributed by atoms with van der Waals surface area (Å²) < 4.78 is 32.7. The Morgan fingerprint density at radius 1 is 1.35 bits per heavy atom. The van der Waals surface area contributed by atoms with Crippen LogP contribution in [0.3, 0.4) is 0 Å². The summed E-state index contributed by atoms with van der Waals surface area (Å²) in [5.74, 6) is 0.547. The highest BCUT2D eigenvalue weighted by Gasteiger charge is 2.31. The molecule has 0 N–H and O–H groups in total. The molecule has 20 heavy (non-hydrogen) atoms. The molecule has 7 heteroatoms. The quantitative estimate of drug-likeness (QED) is 0.616. The van der Waals surface area contributed by atoms with Gasteiger partial charge in [-0.1, -0.05) is 12.1 Å². The van der Waals surface area contributed by atoms with Crippen LogP contribution in [-0.2, 0) is 19.0 Å². The first-order valence-corrected chi connectivity index (χ1v) is 9.12. The van der Waals surface area contributed by atoms with E-state index in [2.05, 4.69) is 4.99 Å². The first kappa shape index (κ1) is 15.3. The Hall–Kier alpha value is -1.05. The Morgan fingerprint density at radius 2 is 2.00 bits per heavy atom. The second kappa shape index (κ2) is 6.15. The number of aliphatic imine (C=N–C) groups is 1. The molecule has 0 saturated heterocycles. The summed E-state index contributed by atoms with van der Waals surface area (Å²) in [6.07, 6.45) is 2.74. The van der Waals surface area contributed by atoms with Crippen LogP contribution in [0.2, 0.25) is 0 Å². The van der Waals surface area contributed by atoms with E-state index in [1.54, 1.807) is 18.7 Å². The smallest absolute Gasteiger partial charge is 0.264 e. The summed E-state index contributed by atoms with van der Waals surface area (Å²) in [6.45, 7) is 1.74. The zero-order valence-corrected chi connectivity index (χ0v) is 13.2. The first-order valence-electron chi connectivity index (χ1n) is 6.08. The highest BCUT2D eigenvalue weighted by atomic mass is 32.2. The Kier molecular flexibility index (Phi) is 4.72. The van der Waals surface area contributed by atoms with Crippen molar-refractivity contribution in [1.82, 2.24) is 0 Å². The van der Waals surface area contributed by atoms with E-state index >= 15 is 0 Å². The van der Waals surface area contributed by atoms with E-state index in [9.17, 15) is 8.42 Å². The van der Waals surface area contributed by atoms with Crippen LogP contribution in [0, 0.1) is 0 Å². The summed E-state index contributed by atoms with van der Waals surface area (Å²) in [5.41, 5.74) is 0.963. The lowest BCUT2D eigenvalue weighted by Crippen LogP contribution is -2.22. The maximum atomic E-state index is 11.1. The first-order chi connectivity index (χ1) is 9.39. The zero-order chi connectivity index (χ0) is 14.8. The van der Waals surface area contributed by atoms with E-state index in [0.29, 0.717) is 5.90 Å². The topological polar surface area (TPSA) is 65.0 Å². The van der Waals surface area contributed by atoms with Gasteiger partial charge in [0.15, 0.2) is 5.90 Å². The second-order valence-electron chi connectivity index (χ2n) is 4.52. The molecule has 0 aliphatic carbocycles. The summed E-state index contributed by atoms with van der Waals surface area (Å²) in [5, 5.41) is 0. The third-order valence-corrected chi connectivity index (χ3v) is 4.20. The summed E-state index contributed by atoms with van der Waals surface area (Å²) in [6, 6.07) is 7.61. The van der Waals surface area contributed by atoms with Crippen LogP contribution >= 0.6 is 11.8 Å². The van der Waals surface area contributed by atoms with Gasteiger partial charge in [0.05, 0.1) is 12.9 Å². The van der Waals surface area contributed by atoms with Gasteiger partial charge < -0.3 is 4.74 Å². The molecule has 5 nitrogen and oxygen atoms in total. The highest BCUT2D eigenvalue weighted by Crippen LogP contribution is 2.30. The number of rotatable bonds is 5. The molecule has 0 saturated carbocycles. The van der Waals surface area contributed by atoms with Gasteiger partial charge in [-0.15, -0.1) is 11.8 Å². The number of hydrogen-bond donors (Lipinski definition) is 0. The molecule has 0 spiro atoms. The lowest BCUT2D eigenvalue weighted by Gasteiger charge is -2.17. The van der Waals surface area contributed by atoms with Gasteiger partial charge in [0.2, 0.25) is 0 Å². The number of nitrogens with zero attached hydrogens (tertiary/aromatic N) is 1. The predicted octanol–water partition coefficient (Wildman–Crippen LogP) is 2.24. The third kappa shape index (κ3) is 3.97. The van der Waals surface area contributed by atoms with Gasteiger partial charge in [-0.3, -0.25) is 4.18 Å².